The van der Waals surface area contributed by atoms with Gasteiger partial charge in [-0.25, -0.2) is 0 Å². The molecule has 1 N–H and O–H groups in total. The number of hydrogen-bond acceptors (Lipinski definition) is 3. The van der Waals surface area contributed by atoms with Crippen LogP contribution >= 0.6 is 0 Å². The zero-order valence-electron chi connectivity index (χ0n) is 11.9. The summed E-state index contributed by atoms with van der Waals surface area (Å²) >= 11 is 0. The highest BCUT2D eigenvalue weighted by Gasteiger charge is 2.19. The standard InChI is InChI=1S/C16H23N3/c1-13(15-7-5-6-14(10-15)11-17)18-12-16-8-3-4-9-19(16)2/h5-7,10,13,16,18H,3-4,8-9,12H2,1-2H3. The number of nitrogens with zero attached hydrogens (tertiary/aromatic N) is 2. The molecule has 1 heterocycles. The Kier molecular flexibility index (Phi) is 4.95. The molecule has 1 fully saturated rings. The van der Waals surface area contributed by atoms with Crippen LogP contribution in [0, 0.1) is 11.3 Å². The molecule has 0 bridgehead atoms. The van der Waals surface area contributed by atoms with E-state index < -0.39 is 0 Å². The van der Waals surface area contributed by atoms with Gasteiger partial charge in [-0.3, -0.25) is 0 Å². The van der Waals surface area contributed by atoms with E-state index in [9.17, 15) is 0 Å². The predicted octanol–water partition coefficient (Wildman–Crippen LogP) is 2.69. The molecule has 1 aliphatic rings. The molecule has 0 radical (unpaired) electrons. The SMILES string of the molecule is CC(NCC1CCCCN1C)c1cccc(C#N)c1. The first-order chi connectivity index (χ1) is 9.20. The zero-order valence-corrected chi connectivity index (χ0v) is 11.9. The Bertz CT molecular complexity index is 450. The van der Waals surface area contributed by atoms with Gasteiger partial charge in [0.05, 0.1) is 11.6 Å². The average molecular weight is 257 g/mol. The third kappa shape index (κ3) is 3.79. The van der Waals surface area contributed by atoms with Crippen molar-refractivity contribution in [3.63, 3.8) is 0 Å². The van der Waals surface area contributed by atoms with E-state index in [4.69, 9.17) is 5.26 Å². The monoisotopic (exact) mass is 257 g/mol. The van der Waals surface area contributed by atoms with Crippen molar-refractivity contribution in [2.75, 3.05) is 20.1 Å². The minimum absolute atomic E-state index is 0.295. The van der Waals surface area contributed by atoms with Crippen molar-refractivity contribution in [3.8, 4) is 6.07 Å². The van der Waals surface area contributed by atoms with Crippen molar-refractivity contribution in [1.82, 2.24) is 10.2 Å². The summed E-state index contributed by atoms with van der Waals surface area (Å²) in [6.07, 6.45) is 3.95. The summed E-state index contributed by atoms with van der Waals surface area (Å²) in [6, 6.07) is 11.0. The number of benzene rings is 1. The summed E-state index contributed by atoms with van der Waals surface area (Å²) in [7, 11) is 2.21. The minimum Gasteiger partial charge on any atom is -0.309 e. The number of piperidine rings is 1. The second-order valence-electron chi connectivity index (χ2n) is 5.50. The predicted molar refractivity (Wildman–Crippen MR) is 77.8 cm³/mol. The summed E-state index contributed by atoms with van der Waals surface area (Å²) < 4.78 is 0. The maximum Gasteiger partial charge on any atom is 0.0991 e. The lowest BCUT2D eigenvalue weighted by atomic mass is 10.0. The van der Waals surface area contributed by atoms with Crippen LogP contribution in [0.2, 0.25) is 0 Å². The highest BCUT2D eigenvalue weighted by molar-refractivity contribution is 5.34. The number of hydrogen-bond donors (Lipinski definition) is 1. The molecule has 1 aliphatic heterocycles. The van der Waals surface area contributed by atoms with Gasteiger partial charge >= 0.3 is 0 Å². The van der Waals surface area contributed by atoms with Gasteiger partial charge < -0.3 is 10.2 Å². The molecule has 1 aromatic carbocycles. The first-order valence-electron chi connectivity index (χ1n) is 7.14. The Labute approximate surface area is 116 Å². The van der Waals surface area contributed by atoms with E-state index in [0.29, 0.717) is 12.1 Å². The van der Waals surface area contributed by atoms with E-state index >= 15 is 0 Å². The van der Waals surface area contributed by atoms with Gasteiger partial charge in [-0.05, 0) is 51.1 Å². The molecule has 2 unspecified atom stereocenters. The number of nitrogens with one attached hydrogen (secondary N) is 1. The molecule has 0 aromatic heterocycles. The molecular formula is C16H23N3. The van der Waals surface area contributed by atoms with Gasteiger partial charge in [0.25, 0.3) is 0 Å². The summed E-state index contributed by atoms with van der Waals surface area (Å²) in [6.45, 7) is 4.40. The zero-order chi connectivity index (χ0) is 13.7. The van der Waals surface area contributed by atoms with E-state index in [0.717, 1.165) is 12.1 Å². The lowest BCUT2D eigenvalue weighted by Crippen LogP contribution is -2.43. The smallest absolute Gasteiger partial charge is 0.0991 e. The van der Waals surface area contributed by atoms with Gasteiger partial charge in [-0.15, -0.1) is 0 Å². The van der Waals surface area contributed by atoms with Gasteiger partial charge in [0, 0.05) is 18.6 Å². The third-order valence-corrected chi connectivity index (χ3v) is 4.10. The molecule has 2 atom stereocenters. The molecule has 0 amide bonds. The highest BCUT2D eigenvalue weighted by Crippen LogP contribution is 2.17. The Morgan fingerprint density at radius 1 is 1.47 bits per heavy atom. The van der Waals surface area contributed by atoms with Crippen molar-refractivity contribution in [3.05, 3.63) is 35.4 Å². The number of rotatable bonds is 4. The fourth-order valence-corrected chi connectivity index (χ4v) is 2.71. The molecule has 3 nitrogen and oxygen atoms in total. The van der Waals surface area contributed by atoms with Crippen LogP contribution in [-0.2, 0) is 0 Å². The van der Waals surface area contributed by atoms with Crippen molar-refractivity contribution >= 4 is 0 Å². The molecule has 0 spiro atoms. The van der Waals surface area contributed by atoms with E-state index in [2.05, 4.69) is 36.3 Å². The van der Waals surface area contributed by atoms with Gasteiger partial charge in [0.15, 0.2) is 0 Å². The molecule has 1 saturated heterocycles. The number of likely N-dealkylation sites (tertiary alicyclic amines) is 1. The third-order valence-electron chi connectivity index (χ3n) is 4.10. The molecule has 19 heavy (non-hydrogen) atoms. The average Bonchev–Trinajstić information content (AvgIpc) is 2.46. The topological polar surface area (TPSA) is 39.1 Å². The van der Waals surface area contributed by atoms with Crippen LogP contribution in [0.25, 0.3) is 0 Å². The maximum absolute atomic E-state index is 8.94. The molecule has 0 saturated carbocycles. The molecule has 2 rings (SSSR count). The first kappa shape index (κ1) is 14.0. The fraction of sp³-hybridized carbons (Fsp3) is 0.562. The van der Waals surface area contributed by atoms with E-state index in [1.165, 1.54) is 31.4 Å². The molecular weight excluding hydrogens is 234 g/mol. The Morgan fingerprint density at radius 2 is 2.32 bits per heavy atom. The lowest BCUT2D eigenvalue weighted by Gasteiger charge is -2.33. The normalized spacial score (nSPS) is 21.8. The van der Waals surface area contributed by atoms with Crippen molar-refractivity contribution in [2.24, 2.45) is 0 Å². The molecule has 3 heteroatoms. The second-order valence-corrected chi connectivity index (χ2v) is 5.50. The van der Waals surface area contributed by atoms with Crippen LogP contribution in [0.5, 0.6) is 0 Å². The quantitative estimate of drug-likeness (QED) is 0.901. The largest absolute Gasteiger partial charge is 0.309 e. The van der Waals surface area contributed by atoms with Crippen LogP contribution in [0.4, 0.5) is 0 Å². The summed E-state index contributed by atoms with van der Waals surface area (Å²) in [4.78, 5) is 2.45. The van der Waals surface area contributed by atoms with Gasteiger partial charge in [-0.2, -0.15) is 5.26 Å². The van der Waals surface area contributed by atoms with E-state index in [1.807, 2.05) is 18.2 Å². The Balaban J connectivity index is 1.90. The Hall–Kier alpha value is -1.37. The fourth-order valence-electron chi connectivity index (χ4n) is 2.71. The number of likely N-dealkylation sites (N-methyl/N-ethyl adjacent to an activating group) is 1. The van der Waals surface area contributed by atoms with E-state index in [1.54, 1.807) is 0 Å². The highest BCUT2D eigenvalue weighted by atomic mass is 15.2. The van der Waals surface area contributed by atoms with Crippen LogP contribution in [0.15, 0.2) is 24.3 Å². The summed E-state index contributed by atoms with van der Waals surface area (Å²) in [5.74, 6) is 0. The van der Waals surface area contributed by atoms with Crippen LogP contribution in [0.1, 0.15) is 43.4 Å². The summed E-state index contributed by atoms with van der Waals surface area (Å²) in [5.41, 5.74) is 1.93. The molecule has 0 aliphatic carbocycles. The molecule has 102 valence electrons. The summed E-state index contributed by atoms with van der Waals surface area (Å²) in [5, 5.41) is 12.5. The van der Waals surface area contributed by atoms with Gasteiger partial charge in [-0.1, -0.05) is 18.6 Å². The van der Waals surface area contributed by atoms with Crippen LogP contribution in [0.3, 0.4) is 0 Å². The molecule has 1 aromatic rings. The second kappa shape index (κ2) is 6.70. The van der Waals surface area contributed by atoms with Gasteiger partial charge in [0.1, 0.15) is 0 Å². The van der Waals surface area contributed by atoms with E-state index in [-0.39, 0.29) is 0 Å². The Morgan fingerprint density at radius 3 is 3.05 bits per heavy atom. The van der Waals surface area contributed by atoms with Crippen molar-refractivity contribution < 1.29 is 0 Å². The van der Waals surface area contributed by atoms with Crippen molar-refractivity contribution in [2.45, 2.75) is 38.3 Å². The van der Waals surface area contributed by atoms with Crippen LogP contribution in [-0.4, -0.2) is 31.1 Å². The van der Waals surface area contributed by atoms with Gasteiger partial charge in [0.2, 0.25) is 0 Å². The van der Waals surface area contributed by atoms with Crippen molar-refractivity contribution in [1.29, 1.82) is 5.26 Å². The first-order valence-corrected chi connectivity index (χ1v) is 7.14. The van der Waals surface area contributed by atoms with Crippen LogP contribution < -0.4 is 5.32 Å². The lowest BCUT2D eigenvalue weighted by molar-refractivity contribution is 0.178. The maximum atomic E-state index is 8.94. The minimum atomic E-state index is 0.295. The number of nitriles is 1.